The van der Waals surface area contributed by atoms with E-state index < -0.39 is 24.9 Å². The van der Waals surface area contributed by atoms with Crippen LogP contribution < -0.4 is 0 Å². The van der Waals surface area contributed by atoms with Crippen LogP contribution >= 0.6 is 0 Å². The van der Waals surface area contributed by atoms with E-state index in [4.69, 9.17) is 4.74 Å². The second kappa shape index (κ2) is 8.43. The van der Waals surface area contributed by atoms with Crippen LogP contribution in [0.1, 0.15) is 36.5 Å². The van der Waals surface area contributed by atoms with E-state index in [9.17, 15) is 26.4 Å². The lowest BCUT2D eigenvalue weighted by molar-refractivity contribution is -0.149. The number of rotatable bonds is 5. The van der Waals surface area contributed by atoms with Gasteiger partial charge in [0, 0.05) is 18.7 Å². The summed E-state index contributed by atoms with van der Waals surface area (Å²) in [5.74, 6) is -1.29. The van der Waals surface area contributed by atoms with E-state index in [0.717, 1.165) is 0 Å². The van der Waals surface area contributed by atoms with E-state index in [0.29, 0.717) is 32.5 Å². The first-order valence-electron chi connectivity index (χ1n) is 9.64. The van der Waals surface area contributed by atoms with Gasteiger partial charge in [0.2, 0.25) is 0 Å². The van der Waals surface area contributed by atoms with Crippen LogP contribution in [0.15, 0.2) is 29.2 Å². The highest BCUT2D eigenvalue weighted by Crippen LogP contribution is 2.27. The van der Waals surface area contributed by atoms with Gasteiger partial charge in [0.05, 0.1) is 34.2 Å². The van der Waals surface area contributed by atoms with Gasteiger partial charge in [0.25, 0.3) is 5.91 Å². The maximum atomic E-state index is 12.8. The van der Waals surface area contributed by atoms with Crippen molar-refractivity contribution in [2.45, 2.75) is 36.3 Å². The number of carbonyl (C=O) groups excluding carboxylic acids is 2. The van der Waals surface area contributed by atoms with Crippen LogP contribution in [-0.2, 0) is 29.2 Å². The summed E-state index contributed by atoms with van der Waals surface area (Å²) >= 11 is 0. The molecule has 1 atom stereocenters. The number of hydrogen-bond donors (Lipinski definition) is 0. The Kier molecular flexibility index (Phi) is 6.33. The Morgan fingerprint density at radius 2 is 1.86 bits per heavy atom. The van der Waals surface area contributed by atoms with Gasteiger partial charge in [0.15, 0.2) is 19.7 Å². The average molecular weight is 444 g/mol. The molecule has 1 aromatic carbocycles. The second-order valence-corrected chi connectivity index (χ2v) is 11.9. The Labute approximate surface area is 171 Å². The Morgan fingerprint density at radius 1 is 1.17 bits per heavy atom. The quantitative estimate of drug-likeness (QED) is 0.625. The Morgan fingerprint density at radius 3 is 2.45 bits per heavy atom. The van der Waals surface area contributed by atoms with Gasteiger partial charge in [0.1, 0.15) is 0 Å². The minimum Gasteiger partial charge on any atom is -0.466 e. The number of hydrogen-bond acceptors (Lipinski definition) is 7. The highest BCUT2D eigenvalue weighted by atomic mass is 32.2. The molecule has 0 aromatic heterocycles. The van der Waals surface area contributed by atoms with Gasteiger partial charge in [-0.15, -0.1) is 0 Å². The topological polar surface area (TPSA) is 115 Å². The number of likely N-dealkylation sites (tertiary alicyclic amines) is 1. The summed E-state index contributed by atoms with van der Waals surface area (Å²) in [6.45, 7) is 2.85. The molecular formula is C19H25NO7S2. The third-order valence-corrected chi connectivity index (χ3v) is 9.61. The average Bonchev–Trinajstić information content (AvgIpc) is 3.08. The fraction of sp³-hybridized carbons (Fsp3) is 0.579. The number of ether oxygens (including phenoxy) is 1. The van der Waals surface area contributed by atoms with Gasteiger partial charge in [-0.25, -0.2) is 16.8 Å². The van der Waals surface area contributed by atoms with Crippen LogP contribution in [0.2, 0.25) is 0 Å². The van der Waals surface area contributed by atoms with Crippen molar-refractivity contribution >= 4 is 31.6 Å². The molecule has 0 spiro atoms. The minimum absolute atomic E-state index is 0.0353. The first-order valence-corrected chi connectivity index (χ1v) is 13.0. The lowest BCUT2D eigenvalue weighted by Crippen LogP contribution is -2.40. The minimum atomic E-state index is -3.83. The SMILES string of the molecule is CCOC(=O)C1CCN(C(=O)c2cccc(S(=O)(=O)C3CCS(=O)(=O)C3)c2)CC1. The van der Waals surface area contributed by atoms with Crippen LogP contribution in [0, 0.1) is 5.92 Å². The molecule has 0 N–H and O–H groups in total. The molecule has 29 heavy (non-hydrogen) atoms. The van der Waals surface area contributed by atoms with Gasteiger partial charge in [-0.3, -0.25) is 9.59 Å². The predicted molar refractivity (Wildman–Crippen MR) is 106 cm³/mol. The van der Waals surface area contributed by atoms with Crippen LogP contribution in [0.4, 0.5) is 0 Å². The summed E-state index contributed by atoms with van der Waals surface area (Å²) in [6.07, 6.45) is 1.08. The number of nitrogens with zero attached hydrogens (tertiary/aromatic N) is 1. The number of sulfone groups is 2. The molecule has 1 aromatic rings. The van der Waals surface area contributed by atoms with Crippen molar-refractivity contribution in [3.8, 4) is 0 Å². The molecule has 0 saturated carbocycles. The van der Waals surface area contributed by atoms with Crippen molar-refractivity contribution < 1.29 is 31.2 Å². The van der Waals surface area contributed by atoms with Gasteiger partial charge in [-0.05, 0) is 44.4 Å². The zero-order valence-corrected chi connectivity index (χ0v) is 17.9. The van der Waals surface area contributed by atoms with E-state index in [2.05, 4.69) is 0 Å². The molecule has 1 unspecified atom stereocenters. The van der Waals surface area contributed by atoms with Crippen LogP contribution in [-0.4, -0.2) is 70.1 Å². The fourth-order valence-electron chi connectivity index (χ4n) is 3.77. The van der Waals surface area contributed by atoms with Crippen molar-refractivity contribution in [2.75, 3.05) is 31.2 Å². The number of piperidine rings is 1. The van der Waals surface area contributed by atoms with Crippen molar-refractivity contribution in [3.63, 3.8) is 0 Å². The summed E-state index contributed by atoms with van der Waals surface area (Å²) in [5, 5.41) is -0.974. The molecule has 8 nitrogen and oxygen atoms in total. The zero-order chi connectivity index (χ0) is 21.2. The van der Waals surface area contributed by atoms with Crippen LogP contribution in [0.3, 0.4) is 0 Å². The van der Waals surface area contributed by atoms with E-state index in [-0.39, 0.29) is 46.2 Å². The predicted octanol–water partition coefficient (Wildman–Crippen LogP) is 1.06. The summed E-state index contributed by atoms with van der Waals surface area (Å²) in [7, 11) is -7.17. The van der Waals surface area contributed by atoms with Crippen molar-refractivity contribution in [1.82, 2.24) is 4.90 Å². The third kappa shape index (κ3) is 4.80. The number of benzene rings is 1. The highest BCUT2D eigenvalue weighted by molar-refractivity contribution is 7.96. The Balaban J connectivity index is 1.71. The molecule has 0 aliphatic carbocycles. The normalized spacial score (nSPS) is 22.4. The summed E-state index contributed by atoms with van der Waals surface area (Å²) < 4.78 is 54.0. The first-order chi connectivity index (χ1) is 13.6. The molecule has 1 amide bonds. The van der Waals surface area contributed by atoms with Gasteiger partial charge >= 0.3 is 5.97 Å². The Bertz CT molecular complexity index is 993. The smallest absolute Gasteiger partial charge is 0.309 e. The van der Waals surface area contributed by atoms with E-state index in [1.165, 1.54) is 18.2 Å². The summed E-state index contributed by atoms with van der Waals surface area (Å²) in [6, 6.07) is 5.75. The monoisotopic (exact) mass is 443 g/mol. The summed E-state index contributed by atoms with van der Waals surface area (Å²) in [4.78, 5) is 26.2. The molecule has 2 fully saturated rings. The van der Waals surface area contributed by atoms with Crippen molar-refractivity contribution in [2.24, 2.45) is 5.92 Å². The number of carbonyl (C=O) groups is 2. The number of esters is 1. The van der Waals surface area contributed by atoms with Gasteiger partial charge < -0.3 is 9.64 Å². The lowest BCUT2D eigenvalue weighted by Gasteiger charge is -2.31. The molecule has 2 saturated heterocycles. The molecule has 2 aliphatic rings. The lowest BCUT2D eigenvalue weighted by atomic mass is 9.96. The highest BCUT2D eigenvalue weighted by Gasteiger charge is 2.38. The molecule has 2 aliphatic heterocycles. The van der Waals surface area contributed by atoms with E-state index >= 15 is 0 Å². The molecular weight excluding hydrogens is 418 g/mol. The summed E-state index contributed by atoms with van der Waals surface area (Å²) in [5.41, 5.74) is 0.238. The van der Waals surface area contributed by atoms with Crippen LogP contribution in [0.5, 0.6) is 0 Å². The van der Waals surface area contributed by atoms with Crippen molar-refractivity contribution in [3.05, 3.63) is 29.8 Å². The van der Waals surface area contributed by atoms with Crippen LogP contribution in [0.25, 0.3) is 0 Å². The van der Waals surface area contributed by atoms with E-state index in [1.54, 1.807) is 17.9 Å². The first kappa shape index (κ1) is 21.8. The Hall–Kier alpha value is -1.94. The molecule has 2 heterocycles. The van der Waals surface area contributed by atoms with Crippen molar-refractivity contribution in [1.29, 1.82) is 0 Å². The molecule has 0 radical (unpaired) electrons. The second-order valence-electron chi connectivity index (χ2n) is 7.42. The maximum absolute atomic E-state index is 12.8. The zero-order valence-electron chi connectivity index (χ0n) is 16.2. The van der Waals surface area contributed by atoms with Gasteiger partial charge in [-0.2, -0.15) is 0 Å². The fourth-order valence-corrected chi connectivity index (χ4v) is 8.17. The largest absolute Gasteiger partial charge is 0.466 e. The standard InChI is InChI=1S/C19H25NO7S2/c1-2-27-19(22)14-6-9-20(10-7-14)18(21)15-4-3-5-16(12-15)29(25,26)17-8-11-28(23,24)13-17/h3-5,12,14,17H,2,6-11,13H2,1H3. The van der Waals surface area contributed by atoms with Gasteiger partial charge in [-0.1, -0.05) is 6.07 Å². The maximum Gasteiger partial charge on any atom is 0.309 e. The molecule has 160 valence electrons. The molecule has 3 rings (SSSR count). The number of amides is 1. The molecule has 0 bridgehead atoms. The van der Waals surface area contributed by atoms with E-state index in [1.807, 2.05) is 0 Å². The third-order valence-electron chi connectivity index (χ3n) is 5.44. The molecule has 10 heteroatoms.